The van der Waals surface area contributed by atoms with Crippen molar-refractivity contribution < 1.29 is 35.8 Å². The molecule has 26 heavy (non-hydrogen) atoms. The highest BCUT2D eigenvalue weighted by Gasteiger charge is 2.23. The Morgan fingerprint density at radius 1 is 0.577 bits per heavy atom. The summed E-state index contributed by atoms with van der Waals surface area (Å²) in [6.07, 6.45) is -12.2. The summed E-state index contributed by atoms with van der Waals surface area (Å²) >= 11 is 0. The van der Waals surface area contributed by atoms with Crippen molar-refractivity contribution in [2.75, 3.05) is 0 Å². The van der Waals surface area contributed by atoms with E-state index in [1.54, 1.807) is 12.1 Å². The lowest BCUT2D eigenvalue weighted by molar-refractivity contribution is -0.0682. The first-order chi connectivity index (χ1) is 12.4. The van der Waals surface area contributed by atoms with Crippen LogP contribution in [0.15, 0.2) is 58.3 Å². The molecule has 2 nitrogen and oxygen atoms in total. The Bertz CT molecular complexity index is 644. The molecule has 0 fully saturated rings. The van der Waals surface area contributed by atoms with Gasteiger partial charge in [0, 0.05) is 0 Å². The molecule has 0 heterocycles. The number of rotatable bonds is 9. The second-order valence-corrected chi connectivity index (χ2v) is 6.88. The quantitative estimate of drug-likeness (QED) is 0.351. The zero-order valence-corrected chi connectivity index (χ0v) is 14.5. The van der Waals surface area contributed by atoms with Crippen LogP contribution in [0.4, 0.5) is 26.3 Å². The third-order valence-electron chi connectivity index (χ3n) is 2.79. The lowest BCUT2D eigenvalue weighted by Gasteiger charge is -2.15. The fourth-order valence-corrected chi connectivity index (χ4v) is 3.88. The van der Waals surface area contributed by atoms with Crippen LogP contribution in [0.25, 0.3) is 0 Å². The van der Waals surface area contributed by atoms with Crippen molar-refractivity contribution in [3.05, 3.63) is 48.5 Å². The number of alkyl halides is 6. The highest BCUT2D eigenvalue weighted by atomic mass is 33.1. The number of hydrogen-bond donors (Lipinski definition) is 0. The molecule has 0 bridgehead atoms. The average molecular weight is 414 g/mol. The van der Waals surface area contributed by atoms with E-state index >= 15 is 0 Å². The van der Waals surface area contributed by atoms with Gasteiger partial charge in [-0.05, 0) is 45.9 Å². The molecule has 2 atom stereocenters. The minimum Gasteiger partial charge on any atom is -0.453 e. The van der Waals surface area contributed by atoms with Crippen molar-refractivity contribution in [2.45, 2.75) is 35.4 Å². The lowest BCUT2D eigenvalue weighted by Crippen LogP contribution is -2.19. The van der Waals surface area contributed by atoms with Crippen LogP contribution in [0.1, 0.15) is 0 Å². The molecule has 0 aliphatic carbocycles. The second-order valence-electron chi connectivity index (χ2n) is 4.67. The largest absolute Gasteiger partial charge is 0.453 e. The predicted octanol–water partition coefficient (Wildman–Crippen LogP) is 6.37. The predicted molar refractivity (Wildman–Crippen MR) is 87.7 cm³/mol. The van der Waals surface area contributed by atoms with Crippen molar-refractivity contribution in [3.8, 4) is 11.5 Å². The van der Waals surface area contributed by atoms with E-state index in [0.717, 1.165) is 21.6 Å². The SMILES string of the molecule is FC(F)C(F)Oc1ccccc1SSc1ccccc1OC(F)C(F)F. The molecule has 0 aromatic heterocycles. The Kier molecular flexibility index (Phi) is 7.83. The summed E-state index contributed by atoms with van der Waals surface area (Å²) < 4.78 is 84.6. The van der Waals surface area contributed by atoms with Gasteiger partial charge in [-0.1, -0.05) is 24.3 Å². The van der Waals surface area contributed by atoms with Crippen LogP contribution in [0.3, 0.4) is 0 Å². The van der Waals surface area contributed by atoms with Gasteiger partial charge in [0.1, 0.15) is 11.5 Å². The van der Waals surface area contributed by atoms with Gasteiger partial charge in [0.15, 0.2) is 0 Å². The summed E-state index contributed by atoms with van der Waals surface area (Å²) in [6, 6.07) is 11.8. The van der Waals surface area contributed by atoms with Crippen molar-refractivity contribution in [2.24, 2.45) is 0 Å². The van der Waals surface area contributed by atoms with Crippen LogP contribution >= 0.6 is 21.6 Å². The van der Waals surface area contributed by atoms with Crippen LogP contribution in [0, 0.1) is 0 Å². The molecular weight excluding hydrogens is 402 g/mol. The first kappa shape index (κ1) is 20.6. The molecule has 0 saturated carbocycles. The standard InChI is InChI=1S/C16H12F6O2S2/c17-13(18)15(21)23-9-5-1-3-7-11(9)25-26-12-8-4-2-6-10(12)24-16(22)14(19)20/h1-8,13-16H. The maximum absolute atomic E-state index is 13.1. The zero-order valence-electron chi connectivity index (χ0n) is 12.8. The fraction of sp³-hybridized carbons (Fsp3) is 0.250. The van der Waals surface area contributed by atoms with E-state index in [4.69, 9.17) is 0 Å². The molecule has 142 valence electrons. The Morgan fingerprint density at radius 3 is 1.27 bits per heavy atom. The van der Waals surface area contributed by atoms with E-state index in [1.165, 1.54) is 36.4 Å². The molecule has 0 amide bonds. The van der Waals surface area contributed by atoms with E-state index in [9.17, 15) is 26.3 Å². The summed E-state index contributed by atoms with van der Waals surface area (Å²) in [7, 11) is 1.99. The van der Waals surface area contributed by atoms with E-state index in [0.29, 0.717) is 9.79 Å². The number of para-hydroxylation sites is 2. The average Bonchev–Trinajstić information content (AvgIpc) is 2.61. The Balaban J connectivity index is 2.10. The molecule has 2 aromatic rings. The van der Waals surface area contributed by atoms with Crippen molar-refractivity contribution in [1.82, 2.24) is 0 Å². The van der Waals surface area contributed by atoms with Gasteiger partial charge in [0.2, 0.25) is 0 Å². The fourth-order valence-electron chi connectivity index (χ4n) is 1.67. The van der Waals surface area contributed by atoms with E-state index in [1.807, 2.05) is 0 Å². The van der Waals surface area contributed by atoms with Crippen molar-refractivity contribution >= 4 is 21.6 Å². The number of halogens is 6. The monoisotopic (exact) mass is 414 g/mol. The Labute approximate surface area is 153 Å². The van der Waals surface area contributed by atoms with Gasteiger partial charge in [-0.3, -0.25) is 0 Å². The smallest absolute Gasteiger partial charge is 0.304 e. The van der Waals surface area contributed by atoms with Gasteiger partial charge in [-0.15, -0.1) is 0 Å². The Morgan fingerprint density at radius 2 is 0.923 bits per heavy atom. The minimum absolute atomic E-state index is 0.104. The van der Waals surface area contributed by atoms with Crippen LogP contribution in [0.2, 0.25) is 0 Å². The topological polar surface area (TPSA) is 18.5 Å². The van der Waals surface area contributed by atoms with Gasteiger partial charge in [-0.25, -0.2) is 17.6 Å². The maximum atomic E-state index is 13.1. The third kappa shape index (κ3) is 5.94. The van der Waals surface area contributed by atoms with Gasteiger partial charge in [0.05, 0.1) is 9.79 Å². The second kappa shape index (κ2) is 9.86. The molecule has 2 rings (SSSR count). The third-order valence-corrected chi connectivity index (χ3v) is 5.24. The maximum Gasteiger partial charge on any atom is 0.304 e. The van der Waals surface area contributed by atoms with Crippen molar-refractivity contribution in [1.29, 1.82) is 0 Å². The molecule has 0 spiro atoms. The summed E-state index contributed by atoms with van der Waals surface area (Å²) in [4.78, 5) is 0.641. The molecule has 0 aliphatic heterocycles. The number of hydrogen-bond acceptors (Lipinski definition) is 4. The molecule has 2 unspecified atom stereocenters. The van der Waals surface area contributed by atoms with Crippen molar-refractivity contribution in [3.63, 3.8) is 0 Å². The van der Waals surface area contributed by atoms with E-state index < -0.39 is 25.6 Å². The summed E-state index contributed by atoms with van der Waals surface area (Å²) in [5.41, 5.74) is 0. The molecule has 10 heteroatoms. The number of benzene rings is 2. The van der Waals surface area contributed by atoms with Gasteiger partial charge in [-0.2, -0.15) is 8.78 Å². The molecule has 0 aliphatic rings. The Hall–Kier alpha value is -1.68. The van der Waals surface area contributed by atoms with Crippen LogP contribution in [0.5, 0.6) is 11.5 Å². The highest BCUT2D eigenvalue weighted by Crippen LogP contribution is 2.45. The van der Waals surface area contributed by atoms with Crippen LogP contribution in [-0.2, 0) is 0 Å². The minimum atomic E-state index is -3.30. The molecular formula is C16H12F6O2S2. The summed E-state index contributed by atoms with van der Waals surface area (Å²) in [5, 5.41) is 0. The first-order valence-electron chi connectivity index (χ1n) is 7.09. The number of ether oxygens (including phenoxy) is 2. The molecule has 0 radical (unpaired) electrons. The van der Waals surface area contributed by atoms with Crippen LogP contribution < -0.4 is 9.47 Å². The molecule has 0 N–H and O–H groups in total. The van der Waals surface area contributed by atoms with Gasteiger partial charge >= 0.3 is 12.9 Å². The normalized spacial score (nSPS) is 13.7. The molecule has 0 saturated heterocycles. The van der Waals surface area contributed by atoms with Crippen LogP contribution in [-0.4, -0.2) is 25.6 Å². The summed E-state index contributed by atoms with van der Waals surface area (Å²) in [5.74, 6) is -0.209. The first-order valence-corrected chi connectivity index (χ1v) is 9.24. The van der Waals surface area contributed by atoms with E-state index in [-0.39, 0.29) is 11.5 Å². The van der Waals surface area contributed by atoms with Gasteiger partial charge in [0.25, 0.3) is 12.7 Å². The summed E-state index contributed by atoms with van der Waals surface area (Å²) in [6.45, 7) is 0. The zero-order chi connectivity index (χ0) is 19.1. The highest BCUT2D eigenvalue weighted by molar-refractivity contribution is 8.76. The lowest BCUT2D eigenvalue weighted by atomic mass is 10.3. The molecule has 2 aromatic carbocycles. The van der Waals surface area contributed by atoms with Gasteiger partial charge < -0.3 is 9.47 Å². The van der Waals surface area contributed by atoms with E-state index in [2.05, 4.69) is 9.47 Å².